The molecule has 1 aliphatic rings. The van der Waals surface area contributed by atoms with Crippen molar-refractivity contribution in [2.24, 2.45) is 0 Å². The van der Waals surface area contributed by atoms with Gasteiger partial charge in [-0.05, 0) is 25.0 Å². The van der Waals surface area contributed by atoms with Gasteiger partial charge in [0.1, 0.15) is 11.6 Å². The molecule has 32 heavy (non-hydrogen) atoms. The lowest BCUT2D eigenvalue weighted by Gasteiger charge is -2.13. The van der Waals surface area contributed by atoms with Gasteiger partial charge in [0, 0.05) is 35.8 Å². The minimum atomic E-state index is -4.81. The second-order valence-electron chi connectivity index (χ2n) is 7.20. The van der Waals surface area contributed by atoms with Crippen molar-refractivity contribution < 1.29 is 22.8 Å². The summed E-state index contributed by atoms with van der Waals surface area (Å²) in [5, 5.41) is 17.4. The summed E-state index contributed by atoms with van der Waals surface area (Å²) in [6.45, 7) is 0.133. The Kier molecular flexibility index (Phi) is 5.80. The number of para-hydroxylation sites is 1. The summed E-state index contributed by atoms with van der Waals surface area (Å²) in [6.07, 6.45) is -2.86. The summed E-state index contributed by atoms with van der Waals surface area (Å²) in [6, 6.07) is 13.6. The molecule has 0 spiro atoms. The Balaban J connectivity index is 1.62. The fraction of sp³-hybridized carbons (Fsp3) is 0.238. The van der Waals surface area contributed by atoms with Gasteiger partial charge in [-0.15, -0.1) is 13.2 Å². The normalized spacial score (nSPS) is 13.5. The van der Waals surface area contributed by atoms with E-state index in [2.05, 4.69) is 25.3 Å². The van der Waals surface area contributed by atoms with Gasteiger partial charge in [0.25, 0.3) is 5.69 Å². The van der Waals surface area contributed by atoms with E-state index < -0.39 is 11.3 Å². The number of hydrogen-bond donors (Lipinski definition) is 2. The second kappa shape index (κ2) is 8.69. The SMILES string of the molecule is O=[N+]([O-])c1ccccc1CNc1cc(-c2cccc(OC(F)(F)F)c2)nc(NC2CC2)n1. The average molecular weight is 445 g/mol. The summed E-state index contributed by atoms with van der Waals surface area (Å²) in [4.78, 5) is 19.6. The summed E-state index contributed by atoms with van der Waals surface area (Å²) in [5.74, 6) is 0.329. The molecule has 4 rings (SSSR count). The van der Waals surface area contributed by atoms with Crippen molar-refractivity contribution in [1.82, 2.24) is 9.97 Å². The molecule has 1 saturated carbocycles. The smallest absolute Gasteiger partial charge is 0.406 e. The van der Waals surface area contributed by atoms with Crippen LogP contribution in [0.2, 0.25) is 0 Å². The van der Waals surface area contributed by atoms with Gasteiger partial charge in [0.05, 0.1) is 10.6 Å². The summed E-state index contributed by atoms with van der Waals surface area (Å²) < 4.78 is 41.8. The first-order valence-corrected chi connectivity index (χ1v) is 9.75. The Morgan fingerprint density at radius 1 is 1.09 bits per heavy atom. The summed E-state index contributed by atoms with van der Waals surface area (Å²) in [7, 11) is 0. The zero-order valence-corrected chi connectivity index (χ0v) is 16.6. The number of ether oxygens (including phenoxy) is 1. The number of anilines is 2. The second-order valence-corrected chi connectivity index (χ2v) is 7.20. The number of halogens is 3. The average Bonchev–Trinajstić information content (AvgIpc) is 3.55. The van der Waals surface area contributed by atoms with E-state index in [0.717, 1.165) is 12.8 Å². The topological polar surface area (TPSA) is 102 Å². The maximum Gasteiger partial charge on any atom is 0.573 e. The minimum absolute atomic E-state index is 0.0254. The Hall–Kier alpha value is -3.89. The molecular weight excluding hydrogens is 427 g/mol. The Labute approximate surface area is 180 Å². The van der Waals surface area contributed by atoms with Crippen LogP contribution in [-0.4, -0.2) is 27.3 Å². The van der Waals surface area contributed by atoms with Crippen LogP contribution in [0, 0.1) is 10.1 Å². The highest BCUT2D eigenvalue weighted by Gasteiger charge is 2.31. The standard InChI is InChI=1S/C21H18F3N5O3/c22-21(23,24)32-16-6-3-5-13(10-16)17-11-19(28-20(27-17)26-15-8-9-15)25-12-14-4-1-2-7-18(14)29(30)31/h1-7,10-11,15H,8-9,12H2,(H2,25,26,27,28). The van der Waals surface area contributed by atoms with Crippen molar-refractivity contribution in [2.45, 2.75) is 31.8 Å². The van der Waals surface area contributed by atoms with Crippen LogP contribution in [0.5, 0.6) is 5.75 Å². The van der Waals surface area contributed by atoms with Crippen LogP contribution in [0.4, 0.5) is 30.6 Å². The Morgan fingerprint density at radius 3 is 2.59 bits per heavy atom. The van der Waals surface area contributed by atoms with Gasteiger partial charge in [-0.25, -0.2) is 4.98 Å². The molecule has 2 aromatic carbocycles. The molecule has 1 heterocycles. The van der Waals surface area contributed by atoms with E-state index in [0.29, 0.717) is 28.6 Å². The summed E-state index contributed by atoms with van der Waals surface area (Å²) >= 11 is 0. The van der Waals surface area contributed by atoms with Crippen LogP contribution in [0.15, 0.2) is 54.6 Å². The van der Waals surface area contributed by atoms with E-state index in [9.17, 15) is 23.3 Å². The molecule has 8 nitrogen and oxygen atoms in total. The number of nitro groups is 1. The largest absolute Gasteiger partial charge is 0.573 e. The zero-order valence-electron chi connectivity index (χ0n) is 16.6. The number of hydrogen-bond acceptors (Lipinski definition) is 7. The highest BCUT2D eigenvalue weighted by Crippen LogP contribution is 2.30. The van der Waals surface area contributed by atoms with Gasteiger partial charge in [0.15, 0.2) is 0 Å². The maximum atomic E-state index is 12.6. The Morgan fingerprint density at radius 2 is 1.88 bits per heavy atom. The fourth-order valence-corrected chi connectivity index (χ4v) is 3.04. The van der Waals surface area contributed by atoms with Crippen molar-refractivity contribution in [3.63, 3.8) is 0 Å². The van der Waals surface area contributed by atoms with Crippen LogP contribution < -0.4 is 15.4 Å². The zero-order chi connectivity index (χ0) is 22.7. The number of benzene rings is 2. The van der Waals surface area contributed by atoms with Gasteiger partial charge < -0.3 is 15.4 Å². The lowest BCUT2D eigenvalue weighted by Crippen LogP contribution is -2.17. The lowest BCUT2D eigenvalue weighted by atomic mass is 10.1. The van der Waals surface area contributed by atoms with Crippen molar-refractivity contribution >= 4 is 17.5 Å². The van der Waals surface area contributed by atoms with Crippen LogP contribution in [-0.2, 0) is 6.54 Å². The van der Waals surface area contributed by atoms with Crippen molar-refractivity contribution in [3.05, 3.63) is 70.3 Å². The van der Waals surface area contributed by atoms with E-state index >= 15 is 0 Å². The number of nitro benzene ring substituents is 1. The van der Waals surface area contributed by atoms with Gasteiger partial charge in [-0.2, -0.15) is 4.98 Å². The molecule has 0 bridgehead atoms. The predicted octanol–water partition coefficient (Wildman–Crippen LogP) is 5.14. The third-order valence-corrected chi connectivity index (χ3v) is 4.65. The monoisotopic (exact) mass is 445 g/mol. The highest BCUT2D eigenvalue weighted by molar-refractivity contribution is 5.66. The fourth-order valence-electron chi connectivity index (χ4n) is 3.04. The third-order valence-electron chi connectivity index (χ3n) is 4.65. The first-order chi connectivity index (χ1) is 15.3. The van der Waals surface area contributed by atoms with Crippen LogP contribution in [0.25, 0.3) is 11.3 Å². The van der Waals surface area contributed by atoms with Gasteiger partial charge in [0.2, 0.25) is 5.95 Å². The number of alkyl halides is 3. The molecule has 1 fully saturated rings. The van der Waals surface area contributed by atoms with Crippen molar-refractivity contribution in [3.8, 4) is 17.0 Å². The first kappa shape index (κ1) is 21.3. The number of aromatic nitrogens is 2. The van der Waals surface area contributed by atoms with Crippen LogP contribution in [0.1, 0.15) is 18.4 Å². The van der Waals surface area contributed by atoms with Crippen molar-refractivity contribution in [2.75, 3.05) is 10.6 Å². The summed E-state index contributed by atoms with van der Waals surface area (Å²) in [5.41, 5.74) is 1.22. The maximum absolute atomic E-state index is 12.6. The third kappa shape index (κ3) is 5.62. The highest BCUT2D eigenvalue weighted by atomic mass is 19.4. The molecule has 2 N–H and O–H groups in total. The van der Waals surface area contributed by atoms with E-state index in [-0.39, 0.29) is 24.0 Å². The molecule has 166 valence electrons. The molecule has 0 aliphatic heterocycles. The number of rotatable bonds is 8. The molecule has 0 radical (unpaired) electrons. The molecule has 1 aliphatic carbocycles. The molecule has 0 amide bonds. The molecule has 0 saturated heterocycles. The van der Waals surface area contributed by atoms with Crippen LogP contribution in [0.3, 0.4) is 0 Å². The predicted molar refractivity (Wildman–Crippen MR) is 111 cm³/mol. The van der Waals surface area contributed by atoms with E-state index in [1.165, 1.54) is 24.3 Å². The van der Waals surface area contributed by atoms with Gasteiger partial charge >= 0.3 is 6.36 Å². The quantitative estimate of drug-likeness (QED) is 0.366. The Bertz CT molecular complexity index is 1140. The molecule has 0 unspecified atom stereocenters. The molecule has 0 atom stereocenters. The van der Waals surface area contributed by atoms with Crippen molar-refractivity contribution in [1.29, 1.82) is 0 Å². The lowest BCUT2D eigenvalue weighted by molar-refractivity contribution is -0.385. The van der Waals surface area contributed by atoms with E-state index in [1.807, 2.05) is 0 Å². The first-order valence-electron chi connectivity index (χ1n) is 9.75. The van der Waals surface area contributed by atoms with E-state index in [1.54, 1.807) is 30.3 Å². The minimum Gasteiger partial charge on any atom is -0.406 e. The molecule has 3 aromatic rings. The molecule has 1 aromatic heterocycles. The molecular formula is C21H18F3N5O3. The number of nitrogens with zero attached hydrogens (tertiary/aromatic N) is 3. The van der Waals surface area contributed by atoms with Gasteiger partial charge in [-0.3, -0.25) is 10.1 Å². The van der Waals surface area contributed by atoms with Gasteiger partial charge in [-0.1, -0.05) is 30.3 Å². The van der Waals surface area contributed by atoms with Crippen LogP contribution >= 0.6 is 0 Å². The van der Waals surface area contributed by atoms with E-state index in [4.69, 9.17) is 0 Å². The molecule has 11 heteroatoms. The number of nitrogens with one attached hydrogen (secondary N) is 2.